The molecule has 3 aliphatic rings. The fourth-order valence-corrected chi connectivity index (χ4v) is 5.24. The number of hydrogen-bond donors (Lipinski definition) is 3. The van der Waals surface area contributed by atoms with E-state index in [1.807, 2.05) is 24.3 Å². The summed E-state index contributed by atoms with van der Waals surface area (Å²) in [7, 11) is 0. The van der Waals surface area contributed by atoms with E-state index in [1.165, 1.54) is 11.1 Å². The van der Waals surface area contributed by atoms with E-state index in [-0.39, 0.29) is 36.9 Å². The lowest BCUT2D eigenvalue weighted by atomic mass is 9.98. The Bertz CT molecular complexity index is 1050. The summed E-state index contributed by atoms with van der Waals surface area (Å²) in [5, 5.41) is 15.0. The highest BCUT2D eigenvalue weighted by atomic mass is 16.5. The summed E-state index contributed by atoms with van der Waals surface area (Å²) in [6.45, 7) is 0.375. The van der Waals surface area contributed by atoms with Crippen molar-refractivity contribution in [3.8, 4) is 11.1 Å². The minimum Gasteiger partial charge on any atom is -0.481 e. The maximum Gasteiger partial charge on any atom is 0.407 e. The predicted octanol–water partition coefficient (Wildman–Crippen LogP) is 3.67. The lowest BCUT2D eigenvalue weighted by Crippen LogP contribution is -2.46. The third-order valence-corrected chi connectivity index (χ3v) is 7.41. The van der Waals surface area contributed by atoms with Crippen LogP contribution in [0.2, 0.25) is 0 Å². The second-order valence-electron chi connectivity index (χ2n) is 9.42. The summed E-state index contributed by atoms with van der Waals surface area (Å²) in [4.78, 5) is 36.6. The maximum absolute atomic E-state index is 12.7. The van der Waals surface area contributed by atoms with E-state index < -0.39 is 17.5 Å². The highest BCUT2D eigenvalue weighted by Crippen LogP contribution is 2.46. The molecule has 0 saturated heterocycles. The number of carboxylic acids is 1. The van der Waals surface area contributed by atoms with Gasteiger partial charge in [0, 0.05) is 18.5 Å². The lowest BCUT2D eigenvalue weighted by Gasteiger charge is -2.22. The molecule has 2 fully saturated rings. The molecular formula is C26H28N2O5. The molecule has 0 aliphatic heterocycles. The molecule has 0 spiro atoms. The van der Waals surface area contributed by atoms with Crippen LogP contribution in [0.15, 0.2) is 48.5 Å². The van der Waals surface area contributed by atoms with Crippen molar-refractivity contribution < 1.29 is 24.2 Å². The number of carboxylic acid groups (broad SMARTS) is 1. The maximum atomic E-state index is 12.7. The number of benzene rings is 2. The van der Waals surface area contributed by atoms with Gasteiger partial charge in [-0.3, -0.25) is 9.59 Å². The van der Waals surface area contributed by atoms with Gasteiger partial charge in [-0.2, -0.15) is 0 Å². The Balaban J connectivity index is 1.17. The van der Waals surface area contributed by atoms with E-state index in [0.29, 0.717) is 25.7 Å². The SMILES string of the molecule is O=C(N[C@@H]1CCC[C@@H]1C(=O)NCC1(C(=O)O)CC1)OCC1c2ccccc2-c2ccccc21. The van der Waals surface area contributed by atoms with Gasteiger partial charge in [0.15, 0.2) is 0 Å². The Hall–Kier alpha value is -3.35. The van der Waals surface area contributed by atoms with Crippen molar-refractivity contribution in [1.82, 2.24) is 10.6 Å². The molecule has 3 N–H and O–H groups in total. The smallest absolute Gasteiger partial charge is 0.407 e. The van der Waals surface area contributed by atoms with Gasteiger partial charge in [0.25, 0.3) is 0 Å². The quantitative estimate of drug-likeness (QED) is 0.599. The Labute approximate surface area is 192 Å². The molecule has 7 nitrogen and oxygen atoms in total. The van der Waals surface area contributed by atoms with E-state index in [0.717, 1.165) is 17.5 Å². The number of rotatable bonds is 7. The standard InChI is InChI=1S/C26H28N2O5/c29-23(27-15-26(12-13-26)24(30)31)20-10-5-11-22(20)28-25(32)33-14-21-18-8-3-1-6-16(18)17-7-2-4-9-19(17)21/h1-4,6-9,20-22H,5,10-15H2,(H,27,29)(H,28,32)(H,30,31)/t20-,22+/m0/s1. The van der Waals surface area contributed by atoms with Crippen molar-refractivity contribution in [2.45, 2.75) is 44.1 Å². The number of nitrogens with one attached hydrogen (secondary N) is 2. The number of carbonyl (C=O) groups excluding carboxylic acids is 2. The summed E-state index contributed by atoms with van der Waals surface area (Å²) in [5.41, 5.74) is 3.84. The van der Waals surface area contributed by atoms with E-state index in [4.69, 9.17) is 4.74 Å². The zero-order chi connectivity index (χ0) is 23.0. The second-order valence-corrected chi connectivity index (χ2v) is 9.42. The molecule has 2 saturated carbocycles. The molecule has 0 bridgehead atoms. The Morgan fingerprint density at radius 3 is 2.21 bits per heavy atom. The number of hydrogen-bond acceptors (Lipinski definition) is 4. The van der Waals surface area contributed by atoms with Gasteiger partial charge in [-0.25, -0.2) is 4.79 Å². The molecule has 2 aromatic rings. The summed E-state index contributed by atoms with van der Waals surface area (Å²) in [6.07, 6.45) is 2.86. The van der Waals surface area contributed by atoms with Gasteiger partial charge in [0.05, 0.1) is 11.3 Å². The van der Waals surface area contributed by atoms with Gasteiger partial charge in [-0.15, -0.1) is 0 Å². The zero-order valence-electron chi connectivity index (χ0n) is 18.4. The van der Waals surface area contributed by atoms with Crippen LogP contribution in [0.4, 0.5) is 4.79 Å². The van der Waals surface area contributed by atoms with Crippen LogP contribution in [-0.2, 0) is 14.3 Å². The first-order valence-electron chi connectivity index (χ1n) is 11.6. The molecule has 3 aliphatic carbocycles. The highest BCUT2D eigenvalue weighted by molar-refractivity contribution is 5.83. The Morgan fingerprint density at radius 1 is 0.970 bits per heavy atom. The van der Waals surface area contributed by atoms with Crippen molar-refractivity contribution in [3.63, 3.8) is 0 Å². The predicted molar refractivity (Wildman–Crippen MR) is 122 cm³/mol. The first-order valence-corrected chi connectivity index (χ1v) is 11.6. The van der Waals surface area contributed by atoms with Gasteiger partial charge in [-0.1, -0.05) is 55.0 Å². The third kappa shape index (κ3) is 4.08. The number of amides is 2. The summed E-state index contributed by atoms with van der Waals surface area (Å²) in [6, 6.07) is 16.0. The molecule has 172 valence electrons. The minimum absolute atomic E-state index is 0.0171. The first kappa shape index (κ1) is 21.5. The van der Waals surface area contributed by atoms with Crippen molar-refractivity contribution in [1.29, 1.82) is 0 Å². The van der Waals surface area contributed by atoms with E-state index >= 15 is 0 Å². The van der Waals surface area contributed by atoms with E-state index in [2.05, 4.69) is 34.9 Å². The van der Waals surface area contributed by atoms with Crippen LogP contribution in [0.5, 0.6) is 0 Å². The summed E-state index contributed by atoms with van der Waals surface area (Å²) >= 11 is 0. The van der Waals surface area contributed by atoms with Crippen molar-refractivity contribution in [3.05, 3.63) is 59.7 Å². The van der Waals surface area contributed by atoms with Crippen LogP contribution in [0.1, 0.15) is 49.1 Å². The van der Waals surface area contributed by atoms with Crippen molar-refractivity contribution in [2.75, 3.05) is 13.2 Å². The normalized spacial score (nSPS) is 22.2. The highest BCUT2D eigenvalue weighted by Gasteiger charge is 2.50. The second kappa shape index (κ2) is 8.54. The number of aliphatic carboxylic acids is 1. The van der Waals surface area contributed by atoms with Gasteiger partial charge < -0.3 is 20.5 Å². The number of fused-ring (bicyclic) bond motifs is 3. The van der Waals surface area contributed by atoms with Gasteiger partial charge >= 0.3 is 12.1 Å². The van der Waals surface area contributed by atoms with E-state index in [9.17, 15) is 19.5 Å². The summed E-state index contributed by atoms with van der Waals surface area (Å²) < 4.78 is 5.63. The van der Waals surface area contributed by atoms with Crippen LogP contribution < -0.4 is 10.6 Å². The monoisotopic (exact) mass is 448 g/mol. The molecule has 0 radical (unpaired) electrons. The largest absolute Gasteiger partial charge is 0.481 e. The van der Waals surface area contributed by atoms with Crippen molar-refractivity contribution >= 4 is 18.0 Å². The average Bonchev–Trinajstić information content (AvgIpc) is 3.38. The van der Waals surface area contributed by atoms with Gasteiger partial charge in [0.2, 0.25) is 5.91 Å². The number of carbonyl (C=O) groups is 3. The molecule has 2 aromatic carbocycles. The molecule has 2 atom stereocenters. The molecular weight excluding hydrogens is 420 g/mol. The summed E-state index contributed by atoms with van der Waals surface area (Å²) in [5.74, 6) is -1.43. The van der Waals surface area contributed by atoms with Crippen LogP contribution in [0, 0.1) is 11.3 Å². The molecule has 5 rings (SSSR count). The Kier molecular flexibility index (Phi) is 5.56. The third-order valence-electron chi connectivity index (χ3n) is 7.41. The fraction of sp³-hybridized carbons (Fsp3) is 0.423. The number of ether oxygens (including phenoxy) is 1. The first-order chi connectivity index (χ1) is 16.0. The minimum atomic E-state index is -0.859. The van der Waals surface area contributed by atoms with Crippen LogP contribution in [0.25, 0.3) is 11.1 Å². The van der Waals surface area contributed by atoms with Crippen LogP contribution >= 0.6 is 0 Å². The molecule has 2 amide bonds. The zero-order valence-corrected chi connectivity index (χ0v) is 18.4. The van der Waals surface area contributed by atoms with Gasteiger partial charge in [0.1, 0.15) is 6.61 Å². The number of alkyl carbamates (subject to hydrolysis) is 1. The van der Waals surface area contributed by atoms with Crippen LogP contribution in [-0.4, -0.2) is 42.3 Å². The molecule has 0 unspecified atom stereocenters. The topological polar surface area (TPSA) is 105 Å². The van der Waals surface area contributed by atoms with E-state index in [1.54, 1.807) is 0 Å². The fourth-order valence-electron chi connectivity index (χ4n) is 5.24. The molecule has 33 heavy (non-hydrogen) atoms. The lowest BCUT2D eigenvalue weighted by molar-refractivity contribution is -0.143. The average molecular weight is 449 g/mol. The van der Waals surface area contributed by atoms with Crippen LogP contribution in [0.3, 0.4) is 0 Å². The van der Waals surface area contributed by atoms with Gasteiger partial charge in [-0.05, 0) is 47.9 Å². The molecule has 7 heteroatoms. The molecule has 0 heterocycles. The molecule has 0 aromatic heterocycles. The van der Waals surface area contributed by atoms with Crippen molar-refractivity contribution in [2.24, 2.45) is 11.3 Å². The Morgan fingerprint density at radius 2 is 1.61 bits per heavy atom.